The number of halogens is 1. The molecule has 1 aromatic rings. The Bertz CT molecular complexity index is 417. The van der Waals surface area contributed by atoms with Crippen molar-refractivity contribution >= 4 is 12.0 Å². The number of ether oxygens (including phenoxy) is 1. The van der Waals surface area contributed by atoms with E-state index in [9.17, 15) is 9.18 Å². The molecule has 1 rings (SSSR count). The quantitative estimate of drug-likeness (QED) is 0.875. The summed E-state index contributed by atoms with van der Waals surface area (Å²) in [5.74, 6) is 0.0675. The van der Waals surface area contributed by atoms with Crippen LogP contribution >= 0.6 is 0 Å². The van der Waals surface area contributed by atoms with Gasteiger partial charge in [0.1, 0.15) is 11.8 Å². The van der Waals surface area contributed by atoms with Crippen LogP contribution in [0.5, 0.6) is 0 Å². The molecular formula is C12H19FN4O2. The van der Waals surface area contributed by atoms with Gasteiger partial charge in [-0.3, -0.25) is 5.32 Å². The lowest BCUT2D eigenvalue weighted by Gasteiger charge is -2.19. The van der Waals surface area contributed by atoms with Gasteiger partial charge < -0.3 is 10.5 Å². The predicted octanol–water partition coefficient (Wildman–Crippen LogP) is 2.18. The Morgan fingerprint density at radius 2 is 2.05 bits per heavy atom. The third-order valence-electron chi connectivity index (χ3n) is 2.07. The average molecular weight is 270 g/mol. The number of hydrogen-bond donors (Lipinski definition) is 2. The molecule has 0 aliphatic carbocycles. The fourth-order valence-corrected chi connectivity index (χ4v) is 1.27. The molecule has 0 aromatic carbocycles. The first kappa shape index (κ1) is 15.3. The van der Waals surface area contributed by atoms with Crippen LogP contribution < -0.4 is 11.1 Å². The molecular weight excluding hydrogens is 251 g/mol. The number of nitrogens with zero attached hydrogens (tertiary/aromatic N) is 2. The number of amides is 1. The number of aromatic nitrogens is 2. The van der Waals surface area contributed by atoms with E-state index in [0.717, 1.165) is 0 Å². The van der Waals surface area contributed by atoms with Gasteiger partial charge in [0.05, 0.1) is 0 Å². The normalized spacial score (nSPS) is 12.9. The summed E-state index contributed by atoms with van der Waals surface area (Å²) in [6.45, 7) is 5.49. The molecule has 0 fully saturated rings. The second kappa shape index (κ2) is 6.42. The lowest BCUT2D eigenvalue weighted by Crippen LogP contribution is -2.27. The zero-order chi connectivity index (χ0) is 14.5. The number of hydrogen-bond acceptors (Lipinski definition) is 5. The van der Waals surface area contributed by atoms with Crippen LogP contribution in [0, 0.1) is 0 Å². The molecule has 7 heteroatoms. The van der Waals surface area contributed by atoms with Crippen molar-refractivity contribution in [3.05, 3.63) is 18.0 Å². The second-order valence-electron chi connectivity index (χ2n) is 5.01. The molecule has 106 valence electrons. The molecule has 19 heavy (non-hydrogen) atoms. The summed E-state index contributed by atoms with van der Waals surface area (Å²) in [6, 6.07) is 0. The van der Waals surface area contributed by atoms with E-state index < -0.39 is 17.9 Å². The summed E-state index contributed by atoms with van der Waals surface area (Å²) >= 11 is 0. The van der Waals surface area contributed by atoms with Gasteiger partial charge in [-0.2, -0.15) is 0 Å². The third-order valence-corrected chi connectivity index (χ3v) is 2.07. The van der Waals surface area contributed by atoms with Crippen LogP contribution in [0.2, 0.25) is 0 Å². The molecule has 1 heterocycles. The second-order valence-corrected chi connectivity index (χ2v) is 5.01. The van der Waals surface area contributed by atoms with Crippen LogP contribution in [-0.4, -0.2) is 28.2 Å². The Morgan fingerprint density at radius 1 is 1.47 bits per heavy atom. The summed E-state index contributed by atoms with van der Waals surface area (Å²) in [5, 5.41) is 2.37. The minimum absolute atomic E-state index is 0.0675. The van der Waals surface area contributed by atoms with E-state index in [0.29, 0.717) is 5.56 Å². The standard InChI is InChI=1S/C12H19FN4O2/c1-12(2,3)19-11(18)17-10-15-6-8(7-16-10)9(13)4-5-14/h6-7,9H,4-5,14H2,1-3H3,(H,15,16,17,18). The topological polar surface area (TPSA) is 90.1 Å². The maximum Gasteiger partial charge on any atom is 0.414 e. The van der Waals surface area contributed by atoms with Crippen molar-refractivity contribution in [1.29, 1.82) is 0 Å². The first-order chi connectivity index (χ1) is 8.81. The van der Waals surface area contributed by atoms with Gasteiger partial charge in [-0.05, 0) is 33.7 Å². The highest BCUT2D eigenvalue weighted by atomic mass is 19.1. The van der Waals surface area contributed by atoms with Crippen molar-refractivity contribution in [3.63, 3.8) is 0 Å². The summed E-state index contributed by atoms with van der Waals surface area (Å²) in [4.78, 5) is 19.1. The molecule has 0 aliphatic heterocycles. The minimum atomic E-state index is -1.19. The van der Waals surface area contributed by atoms with Crippen LogP contribution in [0.3, 0.4) is 0 Å². The molecule has 0 radical (unpaired) electrons. The van der Waals surface area contributed by atoms with Crippen LogP contribution in [-0.2, 0) is 4.74 Å². The number of carbonyl (C=O) groups is 1. The molecule has 3 N–H and O–H groups in total. The van der Waals surface area contributed by atoms with Gasteiger partial charge in [0.25, 0.3) is 0 Å². The van der Waals surface area contributed by atoms with E-state index in [1.807, 2.05) is 0 Å². The first-order valence-electron chi connectivity index (χ1n) is 5.98. The summed E-state index contributed by atoms with van der Waals surface area (Å²) in [7, 11) is 0. The van der Waals surface area contributed by atoms with Gasteiger partial charge in [-0.25, -0.2) is 19.2 Å². The molecule has 1 aromatic heterocycles. The molecule has 0 saturated carbocycles. The molecule has 1 unspecified atom stereocenters. The lowest BCUT2D eigenvalue weighted by atomic mass is 10.1. The largest absolute Gasteiger partial charge is 0.444 e. The van der Waals surface area contributed by atoms with Crippen molar-refractivity contribution in [2.45, 2.75) is 39.0 Å². The first-order valence-corrected chi connectivity index (χ1v) is 5.98. The Balaban J connectivity index is 2.59. The zero-order valence-corrected chi connectivity index (χ0v) is 11.3. The minimum Gasteiger partial charge on any atom is -0.444 e. The molecule has 1 atom stereocenters. The van der Waals surface area contributed by atoms with Crippen LogP contribution in [0.1, 0.15) is 38.9 Å². The number of carbonyl (C=O) groups excluding carboxylic acids is 1. The van der Waals surface area contributed by atoms with E-state index in [1.54, 1.807) is 20.8 Å². The van der Waals surface area contributed by atoms with Crippen molar-refractivity contribution in [2.75, 3.05) is 11.9 Å². The monoisotopic (exact) mass is 270 g/mol. The van der Waals surface area contributed by atoms with Gasteiger partial charge >= 0.3 is 6.09 Å². The fraction of sp³-hybridized carbons (Fsp3) is 0.583. The van der Waals surface area contributed by atoms with E-state index in [1.165, 1.54) is 12.4 Å². The van der Waals surface area contributed by atoms with E-state index >= 15 is 0 Å². The Morgan fingerprint density at radius 3 is 2.53 bits per heavy atom. The Labute approximate surface area is 111 Å². The Hall–Kier alpha value is -1.76. The van der Waals surface area contributed by atoms with Gasteiger partial charge in [-0.1, -0.05) is 0 Å². The summed E-state index contributed by atoms with van der Waals surface area (Å²) in [6.07, 6.45) is 1.00. The summed E-state index contributed by atoms with van der Waals surface area (Å²) < 4.78 is 18.5. The smallest absolute Gasteiger partial charge is 0.414 e. The molecule has 0 spiro atoms. The van der Waals surface area contributed by atoms with Crippen LogP contribution in [0.4, 0.5) is 15.1 Å². The number of anilines is 1. The van der Waals surface area contributed by atoms with Crippen molar-refractivity contribution in [2.24, 2.45) is 5.73 Å². The average Bonchev–Trinajstić information content (AvgIpc) is 2.27. The molecule has 0 aliphatic rings. The van der Waals surface area contributed by atoms with E-state index in [4.69, 9.17) is 10.5 Å². The third kappa shape index (κ3) is 5.60. The zero-order valence-electron chi connectivity index (χ0n) is 11.3. The van der Waals surface area contributed by atoms with Crippen molar-refractivity contribution in [1.82, 2.24) is 9.97 Å². The number of nitrogens with two attached hydrogens (primary N) is 1. The van der Waals surface area contributed by atoms with E-state index in [2.05, 4.69) is 15.3 Å². The van der Waals surface area contributed by atoms with E-state index in [-0.39, 0.29) is 18.9 Å². The van der Waals surface area contributed by atoms with Crippen LogP contribution in [0.15, 0.2) is 12.4 Å². The Kier molecular flexibility index (Phi) is 5.17. The highest BCUT2D eigenvalue weighted by Gasteiger charge is 2.17. The maximum absolute atomic E-state index is 13.5. The highest BCUT2D eigenvalue weighted by molar-refractivity contribution is 5.82. The summed E-state index contributed by atoms with van der Waals surface area (Å²) in [5.41, 5.74) is 5.00. The lowest BCUT2D eigenvalue weighted by molar-refractivity contribution is 0.0634. The van der Waals surface area contributed by atoms with Crippen molar-refractivity contribution in [3.8, 4) is 0 Å². The van der Waals surface area contributed by atoms with Gasteiger partial charge in [-0.15, -0.1) is 0 Å². The fourth-order valence-electron chi connectivity index (χ4n) is 1.27. The van der Waals surface area contributed by atoms with Gasteiger partial charge in [0, 0.05) is 18.0 Å². The molecule has 1 amide bonds. The number of alkyl halides is 1. The molecule has 0 bridgehead atoms. The SMILES string of the molecule is CC(C)(C)OC(=O)Nc1ncc(C(F)CCN)cn1. The van der Waals surface area contributed by atoms with Crippen LogP contribution in [0.25, 0.3) is 0 Å². The van der Waals surface area contributed by atoms with Gasteiger partial charge in [0.2, 0.25) is 5.95 Å². The molecule has 6 nitrogen and oxygen atoms in total. The maximum atomic E-state index is 13.5. The highest BCUT2D eigenvalue weighted by Crippen LogP contribution is 2.19. The molecule has 0 saturated heterocycles. The number of nitrogens with one attached hydrogen (secondary N) is 1. The predicted molar refractivity (Wildman–Crippen MR) is 69.4 cm³/mol. The van der Waals surface area contributed by atoms with Crippen molar-refractivity contribution < 1.29 is 13.9 Å². The van der Waals surface area contributed by atoms with Gasteiger partial charge in [0.15, 0.2) is 0 Å². The number of rotatable bonds is 4.